The van der Waals surface area contributed by atoms with Crippen LogP contribution in [0.15, 0.2) is 364 Å². The summed E-state index contributed by atoms with van der Waals surface area (Å²) >= 11 is 0. The van der Waals surface area contributed by atoms with E-state index in [1.165, 1.54) is 22.3 Å². The van der Waals surface area contributed by atoms with Crippen molar-refractivity contribution in [2.45, 2.75) is 198 Å². The quantitative estimate of drug-likeness (QED) is 0.0324. The van der Waals surface area contributed by atoms with Crippen LogP contribution >= 0.6 is 0 Å². The second-order valence-electron chi connectivity index (χ2n) is 38.2. The predicted molar refractivity (Wildman–Crippen MR) is 522 cm³/mol. The van der Waals surface area contributed by atoms with Crippen LogP contribution in [0.3, 0.4) is 0 Å². The van der Waals surface area contributed by atoms with E-state index in [4.69, 9.17) is 18.9 Å². The molecular weight excluding hydrogens is 1700 g/mol. The predicted octanol–water partition coefficient (Wildman–Crippen LogP) is 24.6. The Balaban J connectivity index is 0.000000126. The third-order valence-corrected chi connectivity index (χ3v) is 30.7. The number of aliphatic carboxylic acids is 4. The SMILES string of the molecule is O=C(O)C1[C@@H](c2ccccc2)C(C(=O)O[C@@H]2CCCC[C@H]2c2ccccc2)[C@@H]1c1ccccc1.O=C(O)C1[C@@H](c2ccccc2)C(C(=O)O[C@H]2CCCCC2c2ccccc2)[C@@H]1c1ccccc1.O=C(O)C1[C@H](c2ccccc2)C(C(=O)O[C@@H]2CCCC[C@H]2c2ccccc2)[C@H]1c1ccccc1.O=C(O)C1[C@H](c2ccccc2)C(C(=O)O[C@H]2CCCCC2c2ccccc2)[C@H]1c1ccccc1. The molecule has 8 aliphatic carbocycles. The first-order valence-electron chi connectivity index (χ1n) is 48.9. The van der Waals surface area contributed by atoms with E-state index in [1.807, 2.05) is 315 Å². The molecule has 0 spiro atoms. The van der Waals surface area contributed by atoms with Gasteiger partial charge >= 0.3 is 47.8 Å². The molecule has 20 rings (SSSR count). The highest BCUT2D eigenvalue weighted by Gasteiger charge is 2.64. The topological polar surface area (TPSA) is 254 Å². The van der Waals surface area contributed by atoms with Gasteiger partial charge in [-0.3, -0.25) is 38.4 Å². The summed E-state index contributed by atoms with van der Waals surface area (Å²) in [5.74, 6) is -11.9. The molecule has 16 nitrogen and oxygen atoms in total. The molecular formula is C120H120O16. The second-order valence-corrected chi connectivity index (χ2v) is 38.2. The molecule has 12 aromatic carbocycles. The smallest absolute Gasteiger partial charge is 0.310 e. The zero-order valence-corrected chi connectivity index (χ0v) is 76.5. The van der Waals surface area contributed by atoms with Gasteiger partial charge in [-0.25, -0.2) is 0 Å². The normalized spacial score (nSPS) is 28.5. The van der Waals surface area contributed by atoms with Gasteiger partial charge in [0.2, 0.25) is 0 Å². The van der Waals surface area contributed by atoms with E-state index in [9.17, 15) is 58.8 Å². The third kappa shape index (κ3) is 20.9. The Labute approximate surface area is 796 Å². The van der Waals surface area contributed by atoms with Gasteiger partial charge in [-0.2, -0.15) is 0 Å². The lowest BCUT2D eigenvalue weighted by molar-refractivity contribution is -0.171. The summed E-state index contributed by atoms with van der Waals surface area (Å²) in [5, 5.41) is 40.6. The number of carbonyl (C=O) groups is 8. The first kappa shape index (κ1) is 94.2. The lowest BCUT2D eigenvalue weighted by Gasteiger charge is -2.49. The summed E-state index contributed by atoms with van der Waals surface area (Å²) < 4.78 is 25.0. The Morgan fingerprint density at radius 3 is 0.404 bits per heavy atom. The monoisotopic (exact) mass is 1820 g/mol. The van der Waals surface area contributed by atoms with Gasteiger partial charge in [0.05, 0.1) is 47.3 Å². The molecule has 8 saturated carbocycles. The van der Waals surface area contributed by atoms with Crippen molar-refractivity contribution in [3.05, 3.63) is 431 Å². The third-order valence-electron chi connectivity index (χ3n) is 30.7. The van der Waals surface area contributed by atoms with Crippen molar-refractivity contribution in [1.29, 1.82) is 0 Å². The molecule has 0 aliphatic heterocycles. The molecule has 12 aromatic rings. The molecule has 16 heteroatoms. The molecule has 0 bridgehead atoms. The lowest BCUT2D eigenvalue weighted by Crippen LogP contribution is -2.52. The van der Waals surface area contributed by atoms with Gasteiger partial charge < -0.3 is 39.4 Å². The minimum Gasteiger partial charge on any atom is -0.481 e. The van der Waals surface area contributed by atoms with Crippen molar-refractivity contribution in [1.82, 2.24) is 0 Å². The van der Waals surface area contributed by atoms with Gasteiger partial charge in [-0.1, -0.05) is 390 Å². The molecule has 8 fully saturated rings. The number of rotatable bonds is 24. The van der Waals surface area contributed by atoms with Crippen LogP contribution in [0.4, 0.5) is 0 Å². The van der Waals surface area contributed by atoms with E-state index in [1.54, 1.807) is 0 Å². The van der Waals surface area contributed by atoms with Gasteiger partial charge in [-0.05, 0) is 144 Å². The minimum atomic E-state index is -0.869. The maximum absolute atomic E-state index is 13.8. The van der Waals surface area contributed by atoms with Crippen molar-refractivity contribution in [2.24, 2.45) is 47.3 Å². The second kappa shape index (κ2) is 44.7. The fourth-order valence-corrected chi connectivity index (χ4v) is 24.3. The average molecular weight is 1820 g/mol. The van der Waals surface area contributed by atoms with E-state index >= 15 is 0 Å². The number of carbonyl (C=O) groups excluding carboxylic acids is 4. The molecule has 2 unspecified atom stereocenters. The number of ether oxygens (including phenoxy) is 4. The Hall–Kier alpha value is -13.6. The van der Waals surface area contributed by atoms with Gasteiger partial charge in [0.25, 0.3) is 0 Å². The van der Waals surface area contributed by atoms with Crippen LogP contribution in [0.5, 0.6) is 0 Å². The van der Waals surface area contributed by atoms with Crippen molar-refractivity contribution in [3.8, 4) is 0 Å². The highest BCUT2D eigenvalue weighted by atomic mass is 16.6. The number of esters is 4. The molecule has 0 heterocycles. The van der Waals surface area contributed by atoms with Crippen molar-refractivity contribution in [3.63, 3.8) is 0 Å². The van der Waals surface area contributed by atoms with Gasteiger partial charge in [0.15, 0.2) is 0 Å². The highest BCUT2D eigenvalue weighted by Crippen LogP contribution is 2.63. The van der Waals surface area contributed by atoms with Crippen LogP contribution in [0.1, 0.15) is 241 Å². The van der Waals surface area contributed by atoms with Crippen LogP contribution in [0.25, 0.3) is 0 Å². The molecule has 8 aliphatic rings. The maximum Gasteiger partial charge on any atom is 0.310 e. The van der Waals surface area contributed by atoms with Gasteiger partial charge in [0.1, 0.15) is 24.4 Å². The number of benzene rings is 12. The molecule has 0 aromatic heterocycles. The number of hydrogen-bond donors (Lipinski definition) is 4. The summed E-state index contributed by atoms with van der Waals surface area (Å²) in [7, 11) is 0. The van der Waals surface area contributed by atoms with Crippen molar-refractivity contribution < 1.29 is 77.7 Å². The van der Waals surface area contributed by atoms with E-state index in [0.717, 1.165) is 147 Å². The zero-order chi connectivity index (χ0) is 94.0. The molecule has 696 valence electrons. The Morgan fingerprint density at radius 1 is 0.162 bits per heavy atom. The summed E-state index contributed by atoms with van der Waals surface area (Å²) in [6.07, 6.45) is 15.2. The molecule has 0 radical (unpaired) electrons. The van der Waals surface area contributed by atoms with Crippen molar-refractivity contribution >= 4 is 47.8 Å². The van der Waals surface area contributed by atoms with E-state index in [2.05, 4.69) is 48.5 Å². The Bertz CT molecular complexity index is 4990. The highest BCUT2D eigenvalue weighted by molar-refractivity contribution is 5.88. The summed E-state index contributed by atoms with van der Waals surface area (Å²) in [6.45, 7) is 0. The van der Waals surface area contributed by atoms with Gasteiger partial charge in [-0.15, -0.1) is 0 Å². The molecule has 4 N–H and O–H groups in total. The Kier molecular flexibility index (Phi) is 31.0. The number of carboxylic acids is 4. The van der Waals surface area contributed by atoms with Crippen LogP contribution in [-0.4, -0.2) is 92.6 Å². The summed E-state index contributed by atoms with van der Waals surface area (Å²) in [6, 6.07) is 118. The standard InChI is InChI=1S/4C30H30O4/c4*31-29(32)27-25(21-14-6-2-7-15-21)28(26(27)22-16-8-3-9-17-22)30(33)34-24-19-11-10-18-23(24)20-12-4-1-5-13-20/h4*1-9,12-17,23-28H,10-11,18-19H2,(H,31,32)/t23?,24-,25+,26+,27?,28?;23?,24-,25-,26-,27?,28?;23-,24+,25+,26+,27?,28?;23-,24+,25-,26-,27?,28?/m0000/s1. The average Bonchev–Trinajstić information content (AvgIpc) is 0.735. The lowest BCUT2D eigenvalue weighted by atomic mass is 9.52. The fraction of sp³-hybridized carbons (Fsp3) is 0.333. The first-order valence-corrected chi connectivity index (χ1v) is 48.9. The van der Waals surface area contributed by atoms with E-state index in [-0.39, 0.29) is 72.0 Å². The number of hydrogen-bond acceptors (Lipinski definition) is 12. The molecule has 136 heavy (non-hydrogen) atoms. The van der Waals surface area contributed by atoms with E-state index in [0.29, 0.717) is 0 Å². The van der Waals surface area contributed by atoms with Gasteiger partial charge in [0, 0.05) is 71.0 Å². The van der Waals surface area contributed by atoms with E-state index < -0.39 is 119 Å². The van der Waals surface area contributed by atoms with Crippen LogP contribution < -0.4 is 0 Å². The molecule has 0 amide bonds. The first-order chi connectivity index (χ1) is 66.6. The van der Waals surface area contributed by atoms with Crippen LogP contribution in [0.2, 0.25) is 0 Å². The largest absolute Gasteiger partial charge is 0.481 e. The zero-order valence-electron chi connectivity index (χ0n) is 76.5. The molecule has 16 atom stereocenters. The van der Waals surface area contributed by atoms with Crippen LogP contribution in [0, 0.1) is 47.3 Å². The summed E-state index contributed by atoms with van der Waals surface area (Å²) in [5.41, 5.74) is 11.9. The minimum absolute atomic E-state index is 0.180. The number of carboxylic acid groups (broad SMARTS) is 4. The summed E-state index contributed by atoms with van der Waals surface area (Å²) in [4.78, 5) is 105. The maximum atomic E-state index is 13.8. The Morgan fingerprint density at radius 2 is 0.279 bits per heavy atom. The fourth-order valence-electron chi connectivity index (χ4n) is 24.3. The van der Waals surface area contributed by atoms with Crippen molar-refractivity contribution in [2.75, 3.05) is 0 Å². The van der Waals surface area contributed by atoms with Crippen LogP contribution in [-0.2, 0) is 57.3 Å². The molecule has 0 saturated heterocycles.